The molecule has 1 aliphatic rings. The lowest BCUT2D eigenvalue weighted by molar-refractivity contribution is -0.917. The van der Waals surface area contributed by atoms with E-state index in [1.54, 1.807) is 16.7 Å². The Labute approximate surface area is 169 Å². The minimum atomic E-state index is 0.142. The molecule has 1 aromatic heterocycles. The second-order valence-corrected chi connectivity index (χ2v) is 7.24. The van der Waals surface area contributed by atoms with Crippen LogP contribution in [0.25, 0.3) is 0 Å². The normalized spacial score (nSPS) is 15.1. The first kappa shape index (κ1) is 20.3. The molecule has 0 saturated carbocycles. The van der Waals surface area contributed by atoms with E-state index < -0.39 is 0 Å². The predicted octanol–water partition coefficient (Wildman–Crippen LogP) is 1.41. The average molecular weight is 408 g/mol. The number of ether oxygens (including phenoxy) is 2. The summed E-state index contributed by atoms with van der Waals surface area (Å²) in [5.41, 5.74) is 1.12. The second-order valence-electron chi connectivity index (χ2n) is 6.89. The number of carbonyl (C=O) groups excluding carboxylic acids is 1. The van der Waals surface area contributed by atoms with Crippen LogP contribution in [0.5, 0.6) is 11.5 Å². The number of nitrogens with zero attached hydrogens (tertiary/aromatic N) is 3. The number of carbonyl (C=O) groups is 1. The van der Waals surface area contributed by atoms with Gasteiger partial charge in [0, 0.05) is 18.5 Å². The number of amides is 1. The monoisotopic (exact) mass is 407 g/mol. The highest BCUT2D eigenvalue weighted by Gasteiger charge is 2.22. The third-order valence-electron chi connectivity index (χ3n) is 4.60. The fourth-order valence-electron chi connectivity index (χ4n) is 3.30. The van der Waals surface area contributed by atoms with Crippen LogP contribution in [0.3, 0.4) is 0 Å². The number of benzene rings is 1. The second kappa shape index (κ2) is 9.20. The van der Waals surface area contributed by atoms with Gasteiger partial charge in [0.15, 0.2) is 18.2 Å². The van der Waals surface area contributed by atoms with Crippen LogP contribution >= 0.6 is 12.2 Å². The lowest BCUT2D eigenvalue weighted by Gasteiger charge is -2.15. The Morgan fingerprint density at radius 1 is 1.36 bits per heavy atom. The Kier molecular flexibility index (Phi) is 6.69. The van der Waals surface area contributed by atoms with Crippen molar-refractivity contribution in [2.45, 2.75) is 39.5 Å². The molecule has 0 radical (unpaired) electrons. The molecular formula is C19H27N4O4S+. The van der Waals surface area contributed by atoms with Crippen molar-refractivity contribution >= 4 is 18.1 Å². The van der Waals surface area contributed by atoms with Crippen LogP contribution in [0.1, 0.15) is 31.2 Å². The lowest BCUT2D eigenvalue weighted by atomic mass is 10.2. The summed E-state index contributed by atoms with van der Waals surface area (Å²) in [4.78, 5) is 15.0. The fraction of sp³-hybridized carbons (Fsp3) is 0.526. The van der Waals surface area contributed by atoms with Gasteiger partial charge in [-0.1, -0.05) is 0 Å². The molecule has 1 fully saturated rings. The van der Waals surface area contributed by atoms with E-state index in [1.165, 1.54) is 4.90 Å². The molecule has 1 atom stereocenters. The topological polar surface area (TPSA) is 74.2 Å². The van der Waals surface area contributed by atoms with E-state index in [0.717, 1.165) is 36.6 Å². The van der Waals surface area contributed by atoms with E-state index in [0.29, 0.717) is 37.0 Å². The van der Waals surface area contributed by atoms with E-state index in [2.05, 4.69) is 12.1 Å². The van der Waals surface area contributed by atoms with Crippen molar-refractivity contribution in [3.63, 3.8) is 0 Å². The molecular weight excluding hydrogens is 380 g/mol. The van der Waals surface area contributed by atoms with E-state index in [4.69, 9.17) is 26.1 Å². The summed E-state index contributed by atoms with van der Waals surface area (Å²) < 4.78 is 18.2. The molecule has 28 heavy (non-hydrogen) atoms. The van der Waals surface area contributed by atoms with Gasteiger partial charge in [-0.05, 0) is 43.8 Å². The quantitative estimate of drug-likeness (QED) is 0.634. The molecule has 2 aromatic rings. The van der Waals surface area contributed by atoms with Gasteiger partial charge in [-0.15, -0.1) is 5.10 Å². The van der Waals surface area contributed by atoms with Gasteiger partial charge in [-0.3, -0.25) is 4.79 Å². The summed E-state index contributed by atoms with van der Waals surface area (Å²) in [7, 11) is 3.70. The minimum Gasteiger partial charge on any atom is -0.493 e. The smallest absolute Gasteiger partial charge is 0.291 e. The Morgan fingerprint density at radius 2 is 2.18 bits per heavy atom. The molecule has 8 nitrogen and oxygen atoms in total. The molecule has 1 saturated heterocycles. The van der Waals surface area contributed by atoms with Crippen molar-refractivity contribution in [3.8, 4) is 11.5 Å². The molecule has 2 heterocycles. The maximum absolute atomic E-state index is 11.8. The van der Waals surface area contributed by atoms with Crippen molar-refractivity contribution in [3.05, 3.63) is 34.5 Å². The summed E-state index contributed by atoms with van der Waals surface area (Å²) in [5, 5.41) is 4.45. The molecule has 1 N–H and O–H groups in total. The van der Waals surface area contributed by atoms with Gasteiger partial charge >= 0.3 is 0 Å². The Balaban J connectivity index is 1.62. The zero-order valence-electron chi connectivity index (χ0n) is 16.6. The molecule has 0 aliphatic carbocycles. The minimum absolute atomic E-state index is 0.142. The van der Waals surface area contributed by atoms with Gasteiger partial charge in [0.2, 0.25) is 11.8 Å². The van der Waals surface area contributed by atoms with E-state index >= 15 is 0 Å². The Hall–Kier alpha value is -2.39. The number of methoxy groups -OCH3 is 1. The first-order chi connectivity index (χ1) is 13.5. The molecule has 9 heteroatoms. The third-order valence-corrected chi connectivity index (χ3v) is 4.89. The summed E-state index contributed by atoms with van der Waals surface area (Å²) in [6, 6.07) is 5.95. The predicted molar refractivity (Wildman–Crippen MR) is 105 cm³/mol. The first-order valence-corrected chi connectivity index (χ1v) is 9.86. The highest BCUT2D eigenvalue weighted by Crippen LogP contribution is 2.27. The maximum atomic E-state index is 11.8. The van der Waals surface area contributed by atoms with Gasteiger partial charge in [0.1, 0.15) is 6.54 Å². The number of hydrogen-bond acceptors (Lipinski definition) is 6. The van der Waals surface area contributed by atoms with Crippen molar-refractivity contribution in [1.82, 2.24) is 14.7 Å². The maximum Gasteiger partial charge on any atom is 0.291 e. The Morgan fingerprint density at radius 3 is 2.86 bits per heavy atom. The Bertz CT molecular complexity index is 879. The van der Waals surface area contributed by atoms with Crippen LogP contribution in [0.2, 0.25) is 0 Å². The number of likely N-dealkylation sites (tertiary alicyclic amines) is 1. The van der Waals surface area contributed by atoms with Crippen LogP contribution in [0, 0.1) is 4.84 Å². The highest BCUT2D eigenvalue weighted by molar-refractivity contribution is 7.71. The van der Waals surface area contributed by atoms with Crippen molar-refractivity contribution in [1.29, 1.82) is 0 Å². The van der Waals surface area contributed by atoms with Crippen LogP contribution < -0.4 is 14.4 Å². The molecule has 1 amide bonds. The third kappa shape index (κ3) is 4.90. The standard InChI is InChI=1S/C19H26N4O4S/c1-4-26-15-8-7-14(10-16(15)25-3)11-21(2)13-23-19(28)27-17(20-23)12-22-9-5-6-18(22)24/h7-8,10H,4-6,9,11-13H2,1-3H3/p+1. The van der Waals surface area contributed by atoms with Gasteiger partial charge in [0.05, 0.1) is 27.3 Å². The van der Waals surface area contributed by atoms with E-state index in [1.807, 2.05) is 25.1 Å². The molecule has 152 valence electrons. The fourth-order valence-corrected chi connectivity index (χ4v) is 3.51. The van der Waals surface area contributed by atoms with Crippen LogP contribution in [0.4, 0.5) is 0 Å². The lowest BCUT2D eigenvalue weighted by Crippen LogP contribution is -3.07. The van der Waals surface area contributed by atoms with Gasteiger partial charge < -0.3 is 23.7 Å². The van der Waals surface area contributed by atoms with E-state index in [9.17, 15) is 4.79 Å². The average Bonchev–Trinajstić information content (AvgIpc) is 3.22. The molecule has 1 aromatic carbocycles. The number of nitrogens with one attached hydrogen (secondary N) is 1. The molecule has 0 spiro atoms. The van der Waals surface area contributed by atoms with Crippen molar-refractivity contribution in [2.24, 2.45) is 0 Å². The largest absolute Gasteiger partial charge is 0.493 e. The number of rotatable bonds is 9. The van der Waals surface area contributed by atoms with Crippen LogP contribution in [0.15, 0.2) is 22.6 Å². The molecule has 0 bridgehead atoms. The zero-order chi connectivity index (χ0) is 20.1. The summed E-state index contributed by atoms with van der Waals surface area (Å²) in [5.74, 6) is 2.09. The van der Waals surface area contributed by atoms with Gasteiger partial charge in [0.25, 0.3) is 4.84 Å². The summed E-state index contributed by atoms with van der Waals surface area (Å²) in [6.45, 7) is 4.99. The summed E-state index contributed by atoms with van der Waals surface area (Å²) >= 11 is 5.29. The summed E-state index contributed by atoms with van der Waals surface area (Å²) in [6.07, 6.45) is 1.48. The number of aromatic nitrogens is 2. The van der Waals surface area contributed by atoms with Crippen LogP contribution in [-0.2, 0) is 24.6 Å². The SMILES string of the molecule is CCOc1ccc(C[NH+](C)Cn2nc(CN3CCCC3=O)oc2=S)cc1OC. The number of quaternary nitrogens is 1. The molecule has 3 rings (SSSR count). The highest BCUT2D eigenvalue weighted by atomic mass is 32.1. The first-order valence-electron chi connectivity index (χ1n) is 9.45. The van der Waals surface area contributed by atoms with Gasteiger partial charge in [-0.25, -0.2) is 0 Å². The van der Waals surface area contributed by atoms with Crippen molar-refractivity contribution in [2.75, 3.05) is 27.3 Å². The zero-order valence-corrected chi connectivity index (χ0v) is 17.4. The number of hydrogen-bond donors (Lipinski definition) is 1. The van der Waals surface area contributed by atoms with Crippen LogP contribution in [-0.4, -0.2) is 47.9 Å². The van der Waals surface area contributed by atoms with E-state index in [-0.39, 0.29) is 5.91 Å². The van der Waals surface area contributed by atoms with Gasteiger partial charge in [-0.2, -0.15) is 4.68 Å². The molecule has 1 aliphatic heterocycles. The molecule has 1 unspecified atom stereocenters. The van der Waals surface area contributed by atoms with Crippen molar-refractivity contribution < 1.29 is 23.6 Å².